The van der Waals surface area contributed by atoms with Gasteiger partial charge in [0.15, 0.2) is 5.78 Å². The molecule has 6 nitrogen and oxygen atoms in total. The molecule has 0 saturated carbocycles. The number of methoxy groups -OCH3 is 1. The Labute approximate surface area is 127 Å². The van der Waals surface area contributed by atoms with Gasteiger partial charge in [-0.2, -0.15) is 0 Å². The highest BCUT2D eigenvalue weighted by molar-refractivity contribution is 5.97. The van der Waals surface area contributed by atoms with Crippen molar-refractivity contribution in [2.24, 2.45) is 0 Å². The Kier molecular flexibility index (Phi) is 4.73. The van der Waals surface area contributed by atoms with Gasteiger partial charge in [0.1, 0.15) is 18.1 Å². The number of hydrogen-bond acceptors (Lipinski definition) is 5. The van der Waals surface area contributed by atoms with Crippen LogP contribution in [0.2, 0.25) is 0 Å². The molecule has 0 aromatic heterocycles. The summed E-state index contributed by atoms with van der Waals surface area (Å²) < 4.78 is 10.7. The predicted octanol–water partition coefficient (Wildman–Crippen LogP) is 3.39. The minimum atomic E-state index is -0.462. The van der Waals surface area contributed by atoms with Crippen LogP contribution < -0.4 is 9.47 Å². The maximum atomic E-state index is 11.6. The van der Waals surface area contributed by atoms with E-state index in [-0.39, 0.29) is 18.1 Å². The third-order valence-electron chi connectivity index (χ3n) is 3.08. The van der Waals surface area contributed by atoms with Gasteiger partial charge in [-0.3, -0.25) is 14.9 Å². The van der Waals surface area contributed by atoms with Crippen LogP contribution in [0.1, 0.15) is 22.8 Å². The highest BCUT2D eigenvalue weighted by atomic mass is 16.6. The van der Waals surface area contributed by atoms with Crippen molar-refractivity contribution in [3.63, 3.8) is 0 Å². The molecule has 22 heavy (non-hydrogen) atoms. The highest BCUT2D eigenvalue weighted by Crippen LogP contribution is 2.26. The van der Waals surface area contributed by atoms with Gasteiger partial charge in [0.2, 0.25) is 0 Å². The molecule has 0 atom stereocenters. The van der Waals surface area contributed by atoms with Crippen LogP contribution in [0.4, 0.5) is 5.69 Å². The second-order valence-electron chi connectivity index (χ2n) is 4.63. The zero-order valence-electron chi connectivity index (χ0n) is 12.2. The van der Waals surface area contributed by atoms with Gasteiger partial charge in [-0.1, -0.05) is 12.1 Å². The zero-order chi connectivity index (χ0) is 16.1. The van der Waals surface area contributed by atoms with Gasteiger partial charge >= 0.3 is 0 Å². The van der Waals surface area contributed by atoms with Crippen molar-refractivity contribution in [1.29, 1.82) is 0 Å². The van der Waals surface area contributed by atoms with E-state index in [1.165, 1.54) is 26.2 Å². The van der Waals surface area contributed by atoms with Gasteiger partial charge < -0.3 is 9.47 Å². The number of ketones is 1. The molecule has 114 valence electrons. The van der Waals surface area contributed by atoms with Crippen molar-refractivity contribution in [3.05, 3.63) is 63.7 Å². The molecule has 2 aromatic rings. The van der Waals surface area contributed by atoms with Crippen LogP contribution in [0.15, 0.2) is 42.5 Å². The van der Waals surface area contributed by atoms with E-state index < -0.39 is 4.92 Å². The maximum absolute atomic E-state index is 11.6. The molecular weight excluding hydrogens is 286 g/mol. The zero-order valence-corrected chi connectivity index (χ0v) is 12.2. The fourth-order valence-corrected chi connectivity index (χ4v) is 1.96. The van der Waals surface area contributed by atoms with Crippen molar-refractivity contribution in [2.45, 2.75) is 13.5 Å². The number of non-ortho nitro benzene ring substituents is 1. The van der Waals surface area contributed by atoms with E-state index in [0.717, 1.165) is 0 Å². The standard InChI is InChI=1S/C16H15NO5/c1-11(18)15-7-6-14(21-2)9-16(15)22-10-12-4-3-5-13(8-12)17(19)20/h3-9H,10H2,1-2H3. The Morgan fingerprint density at radius 1 is 1.23 bits per heavy atom. The van der Waals surface area contributed by atoms with Crippen LogP contribution in [0.25, 0.3) is 0 Å². The van der Waals surface area contributed by atoms with Gasteiger partial charge in [0, 0.05) is 18.2 Å². The number of nitrogens with zero attached hydrogens (tertiary/aromatic N) is 1. The van der Waals surface area contributed by atoms with Gasteiger partial charge in [-0.05, 0) is 24.6 Å². The van der Waals surface area contributed by atoms with Gasteiger partial charge in [-0.25, -0.2) is 0 Å². The number of rotatable bonds is 6. The first-order valence-corrected chi connectivity index (χ1v) is 6.56. The summed E-state index contributed by atoms with van der Waals surface area (Å²) in [7, 11) is 1.52. The first kappa shape index (κ1) is 15.5. The van der Waals surface area contributed by atoms with Crippen molar-refractivity contribution >= 4 is 11.5 Å². The molecule has 6 heteroatoms. The second kappa shape index (κ2) is 6.71. The summed E-state index contributed by atoms with van der Waals surface area (Å²) in [4.78, 5) is 21.9. The van der Waals surface area contributed by atoms with E-state index in [2.05, 4.69) is 0 Å². The molecule has 0 unspecified atom stereocenters. The summed E-state index contributed by atoms with van der Waals surface area (Å²) in [6.45, 7) is 1.57. The highest BCUT2D eigenvalue weighted by Gasteiger charge is 2.11. The molecule has 0 fully saturated rings. The third-order valence-corrected chi connectivity index (χ3v) is 3.08. The third kappa shape index (κ3) is 3.60. The van der Waals surface area contributed by atoms with Crippen molar-refractivity contribution in [2.75, 3.05) is 7.11 Å². The fraction of sp³-hybridized carbons (Fsp3) is 0.188. The Hall–Kier alpha value is -2.89. The number of carbonyl (C=O) groups is 1. The Morgan fingerprint density at radius 3 is 2.64 bits per heavy atom. The number of nitro groups is 1. The summed E-state index contributed by atoms with van der Waals surface area (Å²) in [6, 6.07) is 11.1. The number of nitro benzene ring substituents is 1. The summed E-state index contributed by atoms with van der Waals surface area (Å²) in [6.07, 6.45) is 0. The smallest absolute Gasteiger partial charge is 0.269 e. The molecule has 0 radical (unpaired) electrons. The van der Waals surface area contributed by atoms with E-state index in [0.29, 0.717) is 22.6 Å². The average molecular weight is 301 g/mol. The van der Waals surface area contributed by atoms with Crippen LogP contribution >= 0.6 is 0 Å². The summed E-state index contributed by atoms with van der Waals surface area (Å²) in [5, 5.41) is 10.8. The molecule has 0 amide bonds. The first-order valence-electron chi connectivity index (χ1n) is 6.56. The largest absolute Gasteiger partial charge is 0.497 e. The molecule has 0 heterocycles. The number of hydrogen-bond donors (Lipinski definition) is 0. The predicted molar refractivity (Wildman–Crippen MR) is 80.4 cm³/mol. The van der Waals surface area contributed by atoms with E-state index in [9.17, 15) is 14.9 Å². The molecule has 0 saturated heterocycles. The molecule has 0 spiro atoms. The molecule has 0 N–H and O–H groups in total. The lowest BCUT2D eigenvalue weighted by molar-refractivity contribution is -0.384. The molecule has 2 aromatic carbocycles. The summed E-state index contributed by atoms with van der Waals surface area (Å²) in [5.74, 6) is 0.828. The van der Waals surface area contributed by atoms with Crippen LogP contribution in [-0.2, 0) is 6.61 Å². The van der Waals surface area contributed by atoms with Gasteiger partial charge in [-0.15, -0.1) is 0 Å². The SMILES string of the molecule is COc1ccc(C(C)=O)c(OCc2cccc([N+](=O)[O-])c2)c1. The maximum Gasteiger partial charge on any atom is 0.269 e. The van der Waals surface area contributed by atoms with Crippen molar-refractivity contribution in [3.8, 4) is 11.5 Å². The lowest BCUT2D eigenvalue weighted by Crippen LogP contribution is -2.02. The van der Waals surface area contributed by atoms with Crippen LogP contribution in [0.5, 0.6) is 11.5 Å². The van der Waals surface area contributed by atoms with E-state index in [4.69, 9.17) is 9.47 Å². The molecule has 2 rings (SSSR count). The van der Waals surface area contributed by atoms with Gasteiger partial charge in [0.25, 0.3) is 5.69 Å². The minimum absolute atomic E-state index is 0.00136. The Morgan fingerprint density at radius 2 is 2.00 bits per heavy atom. The van der Waals surface area contributed by atoms with Crippen molar-refractivity contribution < 1.29 is 19.2 Å². The molecule has 0 bridgehead atoms. The lowest BCUT2D eigenvalue weighted by atomic mass is 10.1. The Bertz CT molecular complexity index is 711. The lowest BCUT2D eigenvalue weighted by Gasteiger charge is -2.11. The van der Waals surface area contributed by atoms with Crippen molar-refractivity contribution in [1.82, 2.24) is 0 Å². The quantitative estimate of drug-likeness (QED) is 0.464. The van der Waals surface area contributed by atoms with Crippen LogP contribution in [0.3, 0.4) is 0 Å². The monoisotopic (exact) mass is 301 g/mol. The number of ether oxygens (including phenoxy) is 2. The minimum Gasteiger partial charge on any atom is -0.497 e. The molecule has 0 aliphatic heterocycles. The average Bonchev–Trinajstić information content (AvgIpc) is 2.52. The molecule has 0 aliphatic carbocycles. The summed E-state index contributed by atoms with van der Waals surface area (Å²) >= 11 is 0. The number of Topliss-reactive ketones (excluding diaryl/α,β-unsaturated/α-hetero) is 1. The van der Waals surface area contributed by atoms with Crippen LogP contribution in [-0.4, -0.2) is 17.8 Å². The van der Waals surface area contributed by atoms with Crippen LogP contribution in [0, 0.1) is 10.1 Å². The Balaban J connectivity index is 2.22. The first-order chi connectivity index (χ1) is 10.5. The fourth-order valence-electron chi connectivity index (χ4n) is 1.96. The van der Waals surface area contributed by atoms with Gasteiger partial charge in [0.05, 0.1) is 17.6 Å². The normalized spacial score (nSPS) is 10.1. The van der Waals surface area contributed by atoms with E-state index in [1.54, 1.807) is 30.3 Å². The topological polar surface area (TPSA) is 78.7 Å². The molecular formula is C16H15NO5. The van der Waals surface area contributed by atoms with E-state index in [1.807, 2.05) is 0 Å². The summed E-state index contributed by atoms with van der Waals surface area (Å²) in [5.41, 5.74) is 1.08. The molecule has 0 aliphatic rings. The van der Waals surface area contributed by atoms with E-state index >= 15 is 0 Å². The number of carbonyl (C=O) groups excluding carboxylic acids is 1. The number of benzene rings is 2. The second-order valence-corrected chi connectivity index (χ2v) is 4.63.